The van der Waals surface area contributed by atoms with Gasteiger partial charge in [-0.05, 0) is 29.2 Å². The van der Waals surface area contributed by atoms with E-state index in [4.69, 9.17) is 14.5 Å². The topological polar surface area (TPSA) is 58.1 Å². The second-order valence-corrected chi connectivity index (χ2v) is 7.46. The Morgan fingerprint density at radius 2 is 1.77 bits per heavy atom. The Morgan fingerprint density at radius 3 is 2.52 bits per heavy atom. The average molecular weight is 538 g/mol. The first-order chi connectivity index (χ1) is 14.8. The Balaban J connectivity index is 0.00000341. The van der Waals surface area contributed by atoms with Gasteiger partial charge in [0, 0.05) is 39.8 Å². The summed E-state index contributed by atoms with van der Waals surface area (Å²) in [6, 6.07) is 17.0. The van der Waals surface area contributed by atoms with Crippen LogP contribution in [0.3, 0.4) is 0 Å². The Labute approximate surface area is 203 Å². The Hall–Kier alpha value is -1.68. The predicted molar refractivity (Wildman–Crippen MR) is 137 cm³/mol. The summed E-state index contributed by atoms with van der Waals surface area (Å²) in [5, 5.41) is 6.85. The third kappa shape index (κ3) is 8.76. The van der Waals surface area contributed by atoms with E-state index in [0.717, 1.165) is 51.9 Å². The minimum atomic E-state index is 0. The van der Waals surface area contributed by atoms with E-state index in [0.29, 0.717) is 13.2 Å². The van der Waals surface area contributed by atoms with Gasteiger partial charge in [-0.25, -0.2) is 4.99 Å². The fraction of sp³-hybridized carbons (Fsp3) is 0.458. The minimum Gasteiger partial charge on any atom is -0.380 e. The van der Waals surface area contributed by atoms with Crippen molar-refractivity contribution in [2.45, 2.75) is 33.2 Å². The molecule has 1 aliphatic rings. The molecule has 0 amide bonds. The first-order valence-corrected chi connectivity index (χ1v) is 10.7. The van der Waals surface area contributed by atoms with E-state index in [1.54, 1.807) is 7.11 Å². The molecule has 0 saturated carbocycles. The number of hydrogen-bond donors (Lipinski definition) is 2. The lowest BCUT2D eigenvalue weighted by atomic mass is 10.1. The van der Waals surface area contributed by atoms with E-state index in [1.807, 2.05) is 0 Å². The van der Waals surface area contributed by atoms with E-state index >= 15 is 0 Å². The second-order valence-electron chi connectivity index (χ2n) is 7.46. The van der Waals surface area contributed by atoms with Crippen LogP contribution in [-0.4, -0.2) is 50.8 Å². The lowest BCUT2D eigenvalue weighted by molar-refractivity contribution is 0.0341. The normalized spacial score (nSPS) is 14.7. The molecule has 6 nitrogen and oxygen atoms in total. The third-order valence-electron chi connectivity index (χ3n) is 5.13. The molecule has 2 aromatic rings. The van der Waals surface area contributed by atoms with Crippen LogP contribution in [0.25, 0.3) is 0 Å². The minimum absolute atomic E-state index is 0. The molecule has 0 spiro atoms. The number of methoxy groups -OCH3 is 1. The molecule has 1 aliphatic heterocycles. The molecule has 0 atom stereocenters. The van der Waals surface area contributed by atoms with Crippen molar-refractivity contribution in [3.05, 3.63) is 70.8 Å². The number of nitrogens with zero attached hydrogens (tertiary/aromatic N) is 2. The molecule has 31 heavy (non-hydrogen) atoms. The van der Waals surface area contributed by atoms with E-state index in [9.17, 15) is 0 Å². The molecule has 0 aromatic heterocycles. The summed E-state index contributed by atoms with van der Waals surface area (Å²) < 4.78 is 10.7. The van der Waals surface area contributed by atoms with Gasteiger partial charge < -0.3 is 20.1 Å². The summed E-state index contributed by atoms with van der Waals surface area (Å²) in [7, 11) is 1.72. The van der Waals surface area contributed by atoms with Crippen molar-refractivity contribution in [3.8, 4) is 0 Å². The van der Waals surface area contributed by atoms with Gasteiger partial charge >= 0.3 is 0 Å². The zero-order valence-electron chi connectivity index (χ0n) is 18.6. The smallest absolute Gasteiger partial charge is 0.191 e. The maximum absolute atomic E-state index is 5.47. The molecule has 170 valence electrons. The highest BCUT2D eigenvalue weighted by molar-refractivity contribution is 14.0. The Morgan fingerprint density at radius 1 is 1.03 bits per heavy atom. The number of benzene rings is 2. The molecule has 0 unspecified atom stereocenters. The average Bonchev–Trinajstić information content (AvgIpc) is 2.78. The number of aliphatic imine (C=N–C) groups is 1. The molecular weight excluding hydrogens is 503 g/mol. The van der Waals surface area contributed by atoms with Crippen molar-refractivity contribution in [1.29, 1.82) is 0 Å². The Kier molecular flexibility index (Phi) is 11.9. The first kappa shape index (κ1) is 25.6. The molecule has 2 N–H and O–H groups in total. The lowest BCUT2D eigenvalue weighted by Gasteiger charge is -2.27. The summed E-state index contributed by atoms with van der Waals surface area (Å²) in [6.07, 6.45) is 0. The molecule has 0 bridgehead atoms. The fourth-order valence-electron chi connectivity index (χ4n) is 3.56. The van der Waals surface area contributed by atoms with Gasteiger partial charge in [0.05, 0.1) is 26.4 Å². The summed E-state index contributed by atoms with van der Waals surface area (Å²) in [6.45, 7) is 9.50. The van der Waals surface area contributed by atoms with Crippen molar-refractivity contribution in [2.24, 2.45) is 4.99 Å². The van der Waals surface area contributed by atoms with E-state index in [2.05, 4.69) is 71.0 Å². The van der Waals surface area contributed by atoms with Crippen molar-refractivity contribution in [2.75, 3.05) is 40.0 Å². The predicted octanol–water partition coefficient (Wildman–Crippen LogP) is 3.54. The van der Waals surface area contributed by atoms with Crippen molar-refractivity contribution < 1.29 is 9.47 Å². The fourth-order valence-corrected chi connectivity index (χ4v) is 3.56. The van der Waals surface area contributed by atoms with Crippen molar-refractivity contribution in [3.63, 3.8) is 0 Å². The van der Waals surface area contributed by atoms with Crippen LogP contribution in [0.1, 0.15) is 29.2 Å². The largest absolute Gasteiger partial charge is 0.380 e. The standard InChI is InChI=1S/C24H34N4O2.HI/c1-3-25-24(26-16-20-7-6-8-21(15-20)19-29-2)27-17-22-9-4-5-10-23(22)18-28-11-13-30-14-12-28;/h4-10,15H,3,11-14,16-19H2,1-2H3,(H2,25,26,27);1H. The SMILES string of the molecule is CCNC(=NCc1cccc(COC)c1)NCc1ccccc1CN1CCOCC1.I. The van der Waals surface area contributed by atoms with Gasteiger partial charge in [-0.2, -0.15) is 0 Å². The highest BCUT2D eigenvalue weighted by Crippen LogP contribution is 2.13. The van der Waals surface area contributed by atoms with Crippen LogP contribution in [0.15, 0.2) is 53.5 Å². The zero-order valence-corrected chi connectivity index (χ0v) is 20.9. The number of hydrogen-bond acceptors (Lipinski definition) is 4. The van der Waals surface area contributed by atoms with E-state index < -0.39 is 0 Å². The molecule has 0 aliphatic carbocycles. The van der Waals surface area contributed by atoms with Crippen molar-refractivity contribution >= 4 is 29.9 Å². The number of rotatable bonds is 9. The second kappa shape index (κ2) is 14.4. The molecule has 0 radical (unpaired) electrons. The lowest BCUT2D eigenvalue weighted by Crippen LogP contribution is -2.38. The van der Waals surface area contributed by atoms with Crippen LogP contribution in [0.2, 0.25) is 0 Å². The van der Waals surface area contributed by atoms with Crippen LogP contribution in [0.4, 0.5) is 0 Å². The summed E-state index contributed by atoms with van der Waals surface area (Å²) >= 11 is 0. The van der Waals surface area contributed by atoms with Gasteiger partial charge in [0.25, 0.3) is 0 Å². The van der Waals surface area contributed by atoms with Crippen LogP contribution >= 0.6 is 24.0 Å². The highest BCUT2D eigenvalue weighted by Gasteiger charge is 2.12. The third-order valence-corrected chi connectivity index (χ3v) is 5.13. The summed E-state index contributed by atoms with van der Waals surface area (Å²) in [4.78, 5) is 7.23. The van der Waals surface area contributed by atoms with E-state index in [-0.39, 0.29) is 24.0 Å². The van der Waals surface area contributed by atoms with Gasteiger partial charge in [0.15, 0.2) is 5.96 Å². The molecule has 7 heteroatoms. The maximum Gasteiger partial charge on any atom is 0.191 e. The molecule has 3 rings (SSSR count). The van der Waals surface area contributed by atoms with Crippen LogP contribution < -0.4 is 10.6 Å². The zero-order chi connectivity index (χ0) is 21.0. The Bertz CT molecular complexity index is 810. The molecule has 1 fully saturated rings. The molecule has 1 heterocycles. The number of guanidine groups is 1. The van der Waals surface area contributed by atoms with Gasteiger partial charge in [0.2, 0.25) is 0 Å². The number of ether oxygens (including phenoxy) is 2. The quantitative estimate of drug-likeness (QED) is 0.291. The molecular formula is C24H35IN4O2. The maximum atomic E-state index is 5.47. The van der Waals surface area contributed by atoms with Gasteiger partial charge in [-0.1, -0.05) is 48.5 Å². The van der Waals surface area contributed by atoms with E-state index in [1.165, 1.54) is 22.3 Å². The van der Waals surface area contributed by atoms with Crippen LogP contribution in [-0.2, 0) is 35.7 Å². The van der Waals surface area contributed by atoms with Gasteiger partial charge in [-0.15, -0.1) is 24.0 Å². The number of halogens is 1. The monoisotopic (exact) mass is 538 g/mol. The molecule has 2 aromatic carbocycles. The number of morpholine rings is 1. The molecule has 1 saturated heterocycles. The highest BCUT2D eigenvalue weighted by atomic mass is 127. The number of nitrogens with one attached hydrogen (secondary N) is 2. The summed E-state index contributed by atoms with van der Waals surface area (Å²) in [5.74, 6) is 0.829. The summed E-state index contributed by atoms with van der Waals surface area (Å²) in [5.41, 5.74) is 5.00. The first-order valence-electron chi connectivity index (χ1n) is 10.7. The van der Waals surface area contributed by atoms with Gasteiger partial charge in [0.1, 0.15) is 0 Å². The van der Waals surface area contributed by atoms with Crippen LogP contribution in [0, 0.1) is 0 Å². The van der Waals surface area contributed by atoms with Crippen LogP contribution in [0.5, 0.6) is 0 Å². The van der Waals surface area contributed by atoms with Crippen molar-refractivity contribution in [1.82, 2.24) is 15.5 Å². The van der Waals surface area contributed by atoms with Gasteiger partial charge in [-0.3, -0.25) is 4.90 Å².